The maximum atomic E-state index is 12.0. The number of amides is 1. The van der Waals surface area contributed by atoms with Crippen LogP contribution >= 0.6 is 0 Å². The van der Waals surface area contributed by atoms with Gasteiger partial charge < -0.3 is 10.1 Å². The van der Waals surface area contributed by atoms with E-state index in [1.807, 2.05) is 18.2 Å². The second kappa shape index (κ2) is 5.88. The lowest BCUT2D eigenvalue weighted by Gasteiger charge is -2.24. The van der Waals surface area contributed by atoms with Gasteiger partial charge in [0.05, 0.1) is 0 Å². The smallest absolute Gasteiger partial charge is 0.407 e. The molecule has 0 spiro atoms. The second-order valence-corrected chi connectivity index (χ2v) is 6.19. The Morgan fingerprint density at radius 3 is 2.48 bits per heavy atom. The zero-order valence-corrected chi connectivity index (χ0v) is 12.1. The number of nitrogens with one attached hydrogen (secondary N) is 1. The number of hydrogen-bond acceptors (Lipinski definition) is 3. The van der Waals surface area contributed by atoms with Gasteiger partial charge in [-0.2, -0.15) is 0 Å². The first-order valence-corrected chi connectivity index (χ1v) is 7.70. The van der Waals surface area contributed by atoms with E-state index >= 15 is 0 Å². The van der Waals surface area contributed by atoms with E-state index in [0.717, 1.165) is 32.1 Å². The summed E-state index contributed by atoms with van der Waals surface area (Å²) >= 11 is 0. The predicted octanol–water partition coefficient (Wildman–Crippen LogP) is 3.00. The number of carbonyl (C=O) groups is 2. The predicted molar refractivity (Wildman–Crippen MR) is 79.0 cm³/mol. The first-order chi connectivity index (χ1) is 10.2. The summed E-state index contributed by atoms with van der Waals surface area (Å²) in [6, 6.07) is 10.2. The van der Waals surface area contributed by atoms with Gasteiger partial charge in [0.15, 0.2) is 0 Å². The molecule has 1 N–H and O–H groups in total. The molecule has 2 aliphatic carbocycles. The standard InChI is InChI=1S/C17H21NO3/c19-15-8-6-14(7-9-15)18-16(20)21-17(10-11-17)12-13-4-2-1-3-5-13/h1-5,14H,6-12H2,(H,18,20). The van der Waals surface area contributed by atoms with Crippen LogP contribution < -0.4 is 5.32 Å². The molecule has 0 aliphatic heterocycles. The summed E-state index contributed by atoms with van der Waals surface area (Å²) in [7, 11) is 0. The molecule has 0 aromatic heterocycles. The molecule has 3 rings (SSSR count). The largest absolute Gasteiger partial charge is 0.443 e. The molecule has 1 aromatic rings. The lowest BCUT2D eigenvalue weighted by Crippen LogP contribution is -2.40. The van der Waals surface area contributed by atoms with Crippen molar-refractivity contribution in [1.82, 2.24) is 5.32 Å². The topological polar surface area (TPSA) is 55.4 Å². The minimum Gasteiger partial charge on any atom is -0.443 e. The van der Waals surface area contributed by atoms with Gasteiger partial charge in [0.1, 0.15) is 11.4 Å². The first-order valence-electron chi connectivity index (χ1n) is 7.70. The van der Waals surface area contributed by atoms with Crippen molar-refractivity contribution in [2.45, 2.75) is 56.6 Å². The summed E-state index contributed by atoms with van der Waals surface area (Å²) < 4.78 is 5.65. The molecule has 4 heteroatoms. The fraction of sp³-hybridized carbons (Fsp3) is 0.529. The van der Waals surface area contributed by atoms with Crippen LogP contribution in [-0.4, -0.2) is 23.5 Å². The molecular weight excluding hydrogens is 266 g/mol. The van der Waals surface area contributed by atoms with Gasteiger partial charge in [0, 0.05) is 25.3 Å². The second-order valence-electron chi connectivity index (χ2n) is 6.19. The van der Waals surface area contributed by atoms with Crippen LogP contribution in [0.4, 0.5) is 4.79 Å². The fourth-order valence-corrected chi connectivity index (χ4v) is 2.90. The van der Waals surface area contributed by atoms with E-state index in [0.29, 0.717) is 18.6 Å². The molecule has 2 saturated carbocycles. The van der Waals surface area contributed by atoms with Crippen molar-refractivity contribution in [3.05, 3.63) is 35.9 Å². The summed E-state index contributed by atoms with van der Waals surface area (Å²) in [6.45, 7) is 0. The van der Waals surface area contributed by atoms with Gasteiger partial charge in [-0.25, -0.2) is 4.79 Å². The Morgan fingerprint density at radius 1 is 1.19 bits per heavy atom. The Kier molecular flexibility index (Phi) is 3.95. The number of alkyl carbamates (subject to hydrolysis) is 1. The molecule has 0 atom stereocenters. The normalized spacial score (nSPS) is 20.9. The van der Waals surface area contributed by atoms with Gasteiger partial charge in [0.25, 0.3) is 0 Å². The number of Topliss-reactive ketones (excluding diaryl/α,β-unsaturated/α-hetero) is 1. The number of rotatable bonds is 4. The van der Waals surface area contributed by atoms with Gasteiger partial charge in [-0.15, -0.1) is 0 Å². The van der Waals surface area contributed by atoms with Gasteiger partial charge in [-0.1, -0.05) is 30.3 Å². The van der Waals surface area contributed by atoms with E-state index in [2.05, 4.69) is 17.4 Å². The molecule has 0 bridgehead atoms. The molecular formula is C17H21NO3. The third-order valence-electron chi connectivity index (χ3n) is 4.35. The zero-order chi connectivity index (χ0) is 14.7. The quantitative estimate of drug-likeness (QED) is 0.926. The third kappa shape index (κ3) is 3.84. The highest BCUT2D eigenvalue weighted by atomic mass is 16.6. The zero-order valence-electron chi connectivity index (χ0n) is 12.1. The Labute approximate surface area is 124 Å². The van der Waals surface area contributed by atoms with Crippen molar-refractivity contribution in [2.24, 2.45) is 0 Å². The van der Waals surface area contributed by atoms with Crippen LogP contribution in [0.3, 0.4) is 0 Å². The average molecular weight is 287 g/mol. The molecule has 1 aromatic carbocycles. The van der Waals surface area contributed by atoms with Gasteiger partial charge in [-0.3, -0.25) is 4.79 Å². The highest BCUT2D eigenvalue weighted by Gasteiger charge is 2.47. The van der Waals surface area contributed by atoms with Crippen molar-refractivity contribution < 1.29 is 14.3 Å². The van der Waals surface area contributed by atoms with Crippen LogP contribution in [0.5, 0.6) is 0 Å². The Balaban J connectivity index is 1.49. The van der Waals surface area contributed by atoms with Crippen LogP contribution in [0.25, 0.3) is 0 Å². The number of ether oxygens (including phenoxy) is 1. The van der Waals surface area contributed by atoms with E-state index in [9.17, 15) is 9.59 Å². The van der Waals surface area contributed by atoms with Gasteiger partial charge in [-0.05, 0) is 31.2 Å². The summed E-state index contributed by atoms with van der Waals surface area (Å²) in [5, 5.41) is 2.91. The van der Waals surface area contributed by atoms with Crippen LogP contribution in [0.2, 0.25) is 0 Å². The number of hydrogen-bond donors (Lipinski definition) is 1. The van der Waals surface area contributed by atoms with E-state index in [1.165, 1.54) is 5.56 Å². The molecule has 4 nitrogen and oxygen atoms in total. The Morgan fingerprint density at radius 2 is 1.86 bits per heavy atom. The highest BCUT2D eigenvalue weighted by molar-refractivity contribution is 5.79. The first kappa shape index (κ1) is 14.1. The van der Waals surface area contributed by atoms with Crippen LogP contribution in [0, 0.1) is 0 Å². The summed E-state index contributed by atoms with van der Waals surface area (Å²) in [6.07, 6.45) is 4.92. The highest BCUT2D eigenvalue weighted by Crippen LogP contribution is 2.42. The van der Waals surface area contributed by atoms with Crippen LogP contribution in [0.15, 0.2) is 30.3 Å². The summed E-state index contributed by atoms with van der Waals surface area (Å²) in [5.41, 5.74) is 0.890. The molecule has 0 unspecified atom stereocenters. The molecule has 2 aliphatic rings. The van der Waals surface area contributed by atoms with Gasteiger partial charge >= 0.3 is 6.09 Å². The van der Waals surface area contributed by atoms with Crippen molar-refractivity contribution in [1.29, 1.82) is 0 Å². The van der Waals surface area contributed by atoms with Crippen molar-refractivity contribution in [2.75, 3.05) is 0 Å². The Bertz CT molecular complexity index is 512. The lowest BCUT2D eigenvalue weighted by molar-refractivity contribution is -0.120. The summed E-state index contributed by atoms with van der Waals surface area (Å²) in [5.74, 6) is 0.296. The van der Waals surface area contributed by atoms with E-state index in [4.69, 9.17) is 4.74 Å². The van der Waals surface area contributed by atoms with Crippen molar-refractivity contribution in [3.63, 3.8) is 0 Å². The Hall–Kier alpha value is -1.84. The van der Waals surface area contributed by atoms with E-state index in [1.54, 1.807) is 0 Å². The number of carbonyl (C=O) groups excluding carboxylic acids is 2. The van der Waals surface area contributed by atoms with Crippen molar-refractivity contribution in [3.8, 4) is 0 Å². The van der Waals surface area contributed by atoms with Gasteiger partial charge in [0.2, 0.25) is 0 Å². The molecule has 0 radical (unpaired) electrons. The molecule has 21 heavy (non-hydrogen) atoms. The maximum absolute atomic E-state index is 12.0. The summed E-state index contributed by atoms with van der Waals surface area (Å²) in [4.78, 5) is 23.2. The van der Waals surface area contributed by atoms with Crippen molar-refractivity contribution >= 4 is 11.9 Å². The molecule has 112 valence electrons. The minimum absolute atomic E-state index is 0.0859. The number of ketones is 1. The van der Waals surface area contributed by atoms with Crippen LogP contribution in [0.1, 0.15) is 44.1 Å². The lowest BCUT2D eigenvalue weighted by atomic mass is 9.95. The molecule has 0 saturated heterocycles. The molecule has 1 amide bonds. The SMILES string of the molecule is O=C1CCC(NC(=O)OC2(Cc3ccccc3)CC2)CC1. The molecule has 2 fully saturated rings. The van der Waals surface area contributed by atoms with E-state index in [-0.39, 0.29) is 17.7 Å². The van der Waals surface area contributed by atoms with Crippen LogP contribution in [-0.2, 0) is 16.0 Å². The average Bonchev–Trinajstić information content (AvgIpc) is 3.21. The maximum Gasteiger partial charge on any atom is 0.407 e. The fourth-order valence-electron chi connectivity index (χ4n) is 2.90. The minimum atomic E-state index is -0.331. The van der Waals surface area contributed by atoms with E-state index < -0.39 is 0 Å². The number of benzene rings is 1. The third-order valence-corrected chi connectivity index (χ3v) is 4.35. The monoisotopic (exact) mass is 287 g/mol. The molecule has 0 heterocycles.